The van der Waals surface area contributed by atoms with Crippen LogP contribution in [0.4, 0.5) is 5.69 Å². The predicted octanol–water partition coefficient (Wildman–Crippen LogP) is 1.59. The molecule has 0 unspecified atom stereocenters. The van der Waals surface area contributed by atoms with Gasteiger partial charge in [-0.05, 0) is 38.0 Å². The van der Waals surface area contributed by atoms with Gasteiger partial charge in [-0.15, -0.1) is 0 Å². The van der Waals surface area contributed by atoms with Crippen LogP contribution in [-0.4, -0.2) is 32.8 Å². The molecule has 0 fully saturated rings. The molecule has 1 aromatic carbocycles. The zero-order valence-corrected chi connectivity index (χ0v) is 14.7. The maximum Gasteiger partial charge on any atom is 0.346 e. The van der Waals surface area contributed by atoms with Crippen LogP contribution in [0.3, 0.4) is 0 Å². The van der Waals surface area contributed by atoms with Crippen LogP contribution >= 0.6 is 0 Å². The van der Waals surface area contributed by atoms with Gasteiger partial charge >= 0.3 is 11.7 Å². The zero-order chi connectivity index (χ0) is 18.5. The van der Waals surface area contributed by atoms with Crippen LogP contribution in [0.1, 0.15) is 42.4 Å². The van der Waals surface area contributed by atoms with Crippen molar-refractivity contribution in [3.63, 3.8) is 0 Å². The maximum absolute atomic E-state index is 12.4. The Kier molecular flexibility index (Phi) is 5.50. The van der Waals surface area contributed by atoms with E-state index in [-0.39, 0.29) is 24.7 Å². The molecule has 1 amide bonds. The molecule has 1 aliphatic heterocycles. The largest absolute Gasteiger partial charge is 0.462 e. The lowest BCUT2D eigenvalue weighted by atomic mass is 10.2. The lowest BCUT2D eigenvalue weighted by Gasteiger charge is -2.07. The molecular formula is C18H22N4O4. The standard InChI is InChI=1S/C18H22N4O4/c1-2-26-17(24)13-7-6-8-14(11-13)19-16(23)12-22-18(25)21-10-5-3-4-9-15(21)20-22/h6-8,11H,2-5,9-10,12H2,1H3,(H,19,23). The SMILES string of the molecule is CCOC(=O)c1cccc(NC(=O)Cn2nc3n(c2=O)CCCCC3)c1. The Labute approximate surface area is 150 Å². The number of rotatable bonds is 5. The first-order chi connectivity index (χ1) is 12.6. The first-order valence-corrected chi connectivity index (χ1v) is 8.82. The molecule has 138 valence electrons. The van der Waals surface area contributed by atoms with Gasteiger partial charge in [0.1, 0.15) is 12.4 Å². The molecule has 0 spiro atoms. The number of hydrogen-bond donors (Lipinski definition) is 1. The van der Waals surface area contributed by atoms with Crippen LogP contribution in [0.25, 0.3) is 0 Å². The van der Waals surface area contributed by atoms with Gasteiger partial charge in [0, 0.05) is 18.7 Å². The van der Waals surface area contributed by atoms with Crippen LogP contribution in [0, 0.1) is 0 Å². The van der Waals surface area contributed by atoms with E-state index in [9.17, 15) is 14.4 Å². The summed E-state index contributed by atoms with van der Waals surface area (Å²) in [6.45, 7) is 2.50. The molecule has 8 heteroatoms. The number of carbonyl (C=O) groups is 2. The van der Waals surface area contributed by atoms with E-state index in [1.165, 1.54) is 4.68 Å². The molecule has 26 heavy (non-hydrogen) atoms. The lowest BCUT2D eigenvalue weighted by molar-refractivity contribution is -0.117. The topological polar surface area (TPSA) is 95.2 Å². The van der Waals surface area contributed by atoms with Gasteiger partial charge in [0.15, 0.2) is 0 Å². The molecule has 8 nitrogen and oxygen atoms in total. The van der Waals surface area contributed by atoms with Gasteiger partial charge in [0.05, 0.1) is 12.2 Å². The number of hydrogen-bond acceptors (Lipinski definition) is 5. The van der Waals surface area contributed by atoms with Gasteiger partial charge in [0.2, 0.25) is 5.91 Å². The third-order valence-electron chi connectivity index (χ3n) is 4.23. The summed E-state index contributed by atoms with van der Waals surface area (Å²) in [5.41, 5.74) is 0.572. The van der Waals surface area contributed by atoms with Gasteiger partial charge in [-0.3, -0.25) is 9.36 Å². The zero-order valence-electron chi connectivity index (χ0n) is 14.7. The number of amides is 1. The minimum atomic E-state index is -0.447. The highest BCUT2D eigenvalue weighted by Gasteiger charge is 2.17. The van der Waals surface area contributed by atoms with E-state index >= 15 is 0 Å². The summed E-state index contributed by atoms with van der Waals surface area (Å²) in [4.78, 5) is 36.4. The van der Waals surface area contributed by atoms with Crippen LogP contribution in [0.15, 0.2) is 29.1 Å². The second-order valence-corrected chi connectivity index (χ2v) is 6.17. The van der Waals surface area contributed by atoms with Crippen LogP contribution in [-0.2, 0) is 29.0 Å². The van der Waals surface area contributed by atoms with Crippen molar-refractivity contribution in [2.45, 2.75) is 45.7 Å². The molecule has 3 rings (SSSR count). The number of aryl methyl sites for hydroxylation is 1. The average Bonchev–Trinajstić information content (AvgIpc) is 2.78. The van der Waals surface area contributed by atoms with Crippen LogP contribution in [0.5, 0.6) is 0 Å². The number of nitrogens with zero attached hydrogens (tertiary/aromatic N) is 3. The van der Waals surface area contributed by atoms with Crippen molar-refractivity contribution in [3.8, 4) is 0 Å². The number of fused-ring (bicyclic) bond motifs is 1. The summed E-state index contributed by atoms with van der Waals surface area (Å²) in [7, 11) is 0. The minimum absolute atomic E-state index is 0.164. The molecule has 0 aliphatic carbocycles. The van der Waals surface area contributed by atoms with Gasteiger partial charge in [-0.1, -0.05) is 12.5 Å². The highest BCUT2D eigenvalue weighted by molar-refractivity contribution is 5.94. The average molecular weight is 358 g/mol. The number of carbonyl (C=O) groups excluding carboxylic acids is 2. The number of aromatic nitrogens is 3. The Morgan fingerprint density at radius 3 is 2.92 bits per heavy atom. The Bertz CT molecular complexity index is 868. The van der Waals surface area contributed by atoms with Crippen molar-refractivity contribution in [1.82, 2.24) is 14.3 Å². The molecule has 0 radical (unpaired) electrons. The number of nitrogens with one attached hydrogen (secondary N) is 1. The first-order valence-electron chi connectivity index (χ1n) is 8.82. The third-order valence-corrected chi connectivity index (χ3v) is 4.23. The molecule has 1 aliphatic rings. The molecule has 2 heterocycles. The Morgan fingerprint density at radius 1 is 1.27 bits per heavy atom. The number of benzene rings is 1. The highest BCUT2D eigenvalue weighted by atomic mass is 16.5. The second-order valence-electron chi connectivity index (χ2n) is 6.17. The smallest absolute Gasteiger partial charge is 0.346 e. The second kappa shape index (κ2) is 7.99. The van der Waals surface area contributed by atoms with Crippen molar-refractivity contribution in [2.75, 3.05) is 11.9 Å². The fraction of sp³-hybridized carbons (Fsp3) is 0.444. The van der Waals surface area contributed by atoms with E-state index in [4.69, 9.17) is 4.74 Å². The fourth-order valence-corrected chi connectivity index (χ4v) is 3.00. The number of ether oxygens (including phenoxy) is 1. The van der Waals surface area contributed by atoms with Crippen LogP contribution in [0.2, 0.25) is 0 Å². The monoisotopic (exact) mass is 358 g/mol. The van der Waals surface area contributed by atoms with Crippen molar-refractivity contribution >= 4 is 17.6 Å². The molecule has 0 saturated carbocycles. The van der Waals surface area contributed by atoms with Crippen molar-refractivity contribution in [2.24, 2.45) is 0 Å². The predicted molar refractivity (Wildman–Crippen MR) is 95.1 cm³/mol. The highest BCUT2D eigenvalue weighted by Crippen LogP contribution is 2.13. The first kappa shape index (κ1) is 17.9. The summed E-state index contributed by atoms with van der Waals surface area (Å²) in [5, 5.41) is 6.99. The van der Waals surface area contributed by atoms with Gasteiger partial charge in [0.25, 0.3) is 0 Å². The van der Waals surface area contributed by atoms with Gasteiger partial charge in [-0.25, -0.2) is 14.3 Å². The number of anilines is 1. The molecule has 0 bridgehead atoms. The fourth-order valence-electron chi connectivity index (χ4n) is 3.00. The quantitative estimate of drug-likeness (QED) is 0.819. The summed E-state index contributed by atoms with van der Waals surface area (Å²) in [6.07, 6.45) is 3.79. The van der Waals surface area contributed by atoms with Crippen molar-refractivity contribution in [3.05, 3.63) is 46.1 Å². The molecular weight excluding hydrogens is 336 g/mol. The Morgan fingerprint density at radius 2 is 2.12 bits per heavy atom. The van der Waals surface area contributed by atoms with E-state index in [1.54, 1.807) is 35.8 Å². The Hall–Kier alpha value is -2.90. The molecule has 0 saturated heterocycles. The van der Waals surface area contributed by atoms with Gasteiger partial charge in [-0.2, -0.15) is 5.10 Å². The van der Waals surface area contributed by atoms with Crippen molar-refractivity contribution < 1.29 is 14.3 Å². The number of esters is 1. The van der Waals surface area contributed by atoms with Crippen molar-refractivity contribution in [1.29, 1.82) is 0 Å². The van der Waals surface area contributed by atoms with E-state index in [0.717, 1.165) is 31.5 Å². The maximum atomic E-state index is 12.4. The summed E-state index contributed by atoms with van der Waals surface area (Å²) < 4.78 is 7.80. The summed E-state index contributed by atoms with van der Waals surface area (Å²) in [5.74, 6) is -0.0800. The van der Waals surface area contributed by atoms with E-state index in [2.05, 4.69) is 10.4 Å². The van der Waals surface area contributed by atoms with E-state index in [0.29, 0.717) is 17.8 Å². The minimum Gasteiger partial charge on any atom is -0.462 e. The molecule has 1 aromatic heterocycles. The van der Waals surface area contributed by atoms with Gasteiger partial charge < -0.3 is 10.1 Å². The Balaban J connectivity index is 1.69. The summed E-state index contributed by atoms with van der Waals surface area (Å²) >= 11 is 0. The van der Waals surface area contributed by atoms with Crippen LogP contribution < -0.4 is 11.0 Å². The third kappa shape index (κ3) is 4.01. The van der Waals surface area contributed by atoms with E-state index < -0.39 is 5.97 Å². The lowest BCUT2D eigenvalue weighted by Crippen LogP contribution is -2.30. The summed E-state index contributed by atoms with van der Waals surface area (Å²) in [6, 6.07) is 6.49. The molecule has 2 aromatic rings. The normalized spacial score (nSPS) is 13.6. The molecule has 0 atom stereocenters. The molecule has 1 N–H and O–H groups in total. The van der Waals surface area contributed by atoms with E-state index in [1.807, 2.05) is 0 Å².